The summed E-state index contributed by atoms with van der Waals surface area (Å²) in [5.41, 5.74) is 3.52. The monoisotopic (exact) mass is 285 g/mol. The van der Waals surface area contributed by atoms with Crippen LogP contribution in [0.1, 0.15) is 21.5 Å². The first-order valence-corrected chi connectivity index (χ1v) is 6.70. The lowest BCUT2D eigenvalue weighted by atomic mass is 10.1. The minimum atomic E-state index is -0.321. The summed E-state index contributed by atoms with van der Waals surface area (Å²) in [5.74, 6) is 0.536. The summed E-state index contributed by atoms with van der Waals surface area (Å²) < 4.78 is 10.0. The first-order valence-electron chi connectivity index (χ1n) is 6.70. The zero-order chi connectivity index (χ0) is 15.2. The number of hydrogen-bond donors (Lipinski definition) is 1. The molecule has 0 radical (unpaired) electrons. The van der Waals surface area contributed by atoms with Crippen molar-refractivity contribution in [1.82, 2.24) is 0 Å². The molecule has 0 unspecified atom stereocenters. The molecule has 0 aromatic heterocycles. The lowest BCUT2D eigenvalue weighted by molar-refractivity contribution is 0.0599. The predicted molar refractivity (Wildman–Crippen MR) is 82.8 cm³/mol. The molecule has 4 heteroatoms. The maximum absolute atomic E-state index is 11.7. The Kier molecular flexibility index (Phi) is 4.82. The summed E-state index contributed by atoms with van der Waals surface area (Å²) in [6.07, 6.45) is 0. The highest BCUT2D eigenvalue weighted by molar-refractivity contribution is 5.91. The topological polar surface area (TPSA) is 47.6 Å². The molecule has 0 saturated heterocycles. The zero-order valence-electron chi connectivity index (χ0n) is 12.5. The van der Waals surface area contributed by atoms with E-state index < -0.39 is 0 Å². The highest BCUT2D eigenvalue weighted by atomic mass is 16.5. The molecule has 0 atom stereocenters. The molecule has 0 aliphatic rings. The standard InChI is InChI=1S/C17H19NO3/c1-12-10-14(8-9-16(12)20-2)18-11-13-6-4-5-7-15(13)17(19)21-3/h4-10,18H,11H2,1-3H3. The number of hydrogen-bond acceptors (Lipinski definition) is 4. The number of anilines is 1. The van der Waals surface area contributed by atoms with Crippen molar-refractivity contribution >= 4 is 11.7 Å². The van der Waals surface area contributed by atoms with Crippen LogP contribution in [0.3, 0.4) is 0 Å². The summed E-state index contributed by atoms with van der Waals surface area (Å²) in [6, 6.07) is 13.3. The number of aryl methyl sites for hydroxylation is 1. The average Bonchev–Trinajstić information content (AvgIpc) is 2.52. The van der Waals surface area contributed by atoms with Crippen molar-refractivity contribution in [3.8, 4) is 5.75 Å². The maximum atomic E-state index is 11.7. The van der Waals surface area contributed by atoms with Gasteiger partial charge in [-0.1, -0.05) is 18.2 Å². The quantitative estimate of drug-likeness (QED) is 0.855. The SMILES string of the molecule is COC(=O)c1ccccc1CNc1ccc(OC)c(C)c1. The minimum absolute atomic E-state index is 0.321. The van der Waals surface area contributed by atoms with E-state index in [-0.39, 0.29) is 5.97 Å². The molecule has 0 amide bonds. The van der Waals surface area contributed by atoms with Gasteiger partial charge in [0.15, 0.2) is 0 Å². The van der Waals surface area contributed by atoms with Crippen LogP contribution in [0.25, 0.3) is 0 Å². The van der Waals surface area contributed by atoms with E-state index in [2.05, 4.69) is 5.32 Å². The van der Waals surface area contributed by atoms with Gasteiger partial charge in [0.05, 0.1) is 19.8 Å². The highest BCUT2D eigenvalue weighted by Gasteiger charge is 2.10. The van der Waals surface area contributed by atoms with Gasteiger partial charge in [0.2, 0.25) is 0 Å². The molecular formula is C17H19NO3. The van der Waals surface area contributed by atoms with Crippen LogP contribution >= 0.6 is 0 Å². The van der Waals surface area contributed by atoms with E-state index in [1.807, 2.05) is 43.3 Å². The van der Waals surface area contributed by atoms with Crippen LogP contribution in [0.5, 0.6) is 5.75 Å². The van der Waals surface area contributed by atoms with Gasteiger partial charge in [0.1, 0.15) is 5.75 Å². The number of carbonyl (C=O) groups excluding carboxylic acids is 1. The average molecular weight is 285 g/mol. The van der Waals surface area contributed by atoms with Crippen molar-refractivity contribution in [2.45, 2.75) is 13.5 Å². The van der Waals surface area contributed by atoms with Crippen LogP contribution in [0.4, 0.5) is 5.69 Å². The van der Waals surface area contributed by atoms with Crippen LogP contribution in [0, 0.1) is 6.92 Å². The molecule has 0 heterocycles. The van der Waals surface area contributed by atoms with E-state index in [1.165, 1.54) is 7.11 Å². The number of methoxy groups -OCH3 is 2. The number of rotatable bonds is 5. The third-order valence-corrected chi connectivity index (χ3v) is 3.30. The Morgan fingerprint density at radius 2 is 1.90 bits per heavy atom. The Morgan fingerprint density at radius 1 is 1.14 bits per heavy atom. The molecule has 0 spiro atoms. The summed E-state index contributed by atoms with van der Waals surface area (Å²) in [5, 5.41) is 3.31. The number of benzene rings is 2. The molecule has 21 heavy (non-hydrogen) atoms. The summed E-state index contributed by atoms with van der Waals surface area (Å²) >= 11 is 0. The van der Waals surface area contributed by atoms with Gasteiger partial charge in [-0.3, -0.25) is 0 Å². The van der Waals surface area contributed by atoms with Crippen LogP contribution in [-0.2, 0) is 11.3 Å². The fourth-order valence-corrected chi connectivity index (χ4v) is 2.17. The van der Waals surface area contributed by atoms with Gasteiger partial charge in [-0.25, -0.2) is 4.79 Å². The van der Waals surface area contributed by atoms with Gasteiger partial charge in [-0.15, -0.1) is 0 Å². The third kappa shape index (κ3) is 3.54. The summed E-state index contributed by atoms with van der Waals surface area (Å²) in [7, 11) is 3.04. The Morgan fingerprint density at radius 3 is 2.57 bits per heavy atom. The van der Waals surface area contributed by atoms with Crippen LogP contribution in [0.15, 0.2) is 42.5 Å². The van der Waals surface area contributed by atoms with Crippen molar-refractivity contribution < 1.29 is 14.3 Å². The van der Waals surface area contributed by atoms with Crippen molar-refractivity contribution in [1.29, 1.82) is 0 Å². The third-order valence-electron chi connectivity index (χ3n) is 3.30. The van der Waals surface area contributed by atoms with E-state index in [9.17, 15) is 4.79 Å². The molecule has 110 valence electrons. The predicted octanol–water partition coefficient (Wildman–Crippen LogP) is 3.40. The smallest absolute Gasteiger partial charge is 0.338 e. The van der Waals surface area contributed by atoms with E-state index in [0.29, 0.717) is 12.1 Å². The molecular weight excluding hydrogens is 266 g/mol. The molecule has 0 fully saturated rings. The Labute approximate surface area is 124 Å². The van der Waals surface area contributed by atoms with Gasteiger partial charge in [0, 0.05) is 12.2 Å². The van der Waals surface area contributed by atoms with Crippen molar-refractivity contribution in [2.24, 2.45) is 0 Å². The molecule has 0 aliphatic carbocycles. The van der Waals surface area contributed by atoms with Gasteiger partial charge >= 0.3 is 5.97 Å². The molecule has 0 aliphatic heterocycles. The fourth-order valence-electron chi connectivity index (χ4n) is 2.17. The molecule has 2 rings (SSSR count). The number of esters is 1. The first-order chi connectivity index (χ1) is 10.2. The van der Waals surface area contributed by atoms with Crippen LogP contribution < -0.4 is 10.1 Å². The lowest BCUT2D eigenvalue weighted by Crippen LogP contribution is -2.09. The van der Waals surface area contributed by atoms with Crippen LogP contribution in [0.2, 0.25) is 0 Å². The van der Waals surface area contributed by atoms with Crippen molar-refractivity contribution in [2.75, 3.05) is 19.5 Å². The lowest BCUT2D eigenvalue weighted by Gasteiger charge is -2.12. The Balaban J connectivity index is 2.13. The summed E-state index contributed by atoms with van der Waals surface area (Å²) in [4.78, 5) is 11.7. The normalized spacial score (nSPS) is 10.0. The molecule has 1 N–H and O–H groups in total. The minimum Gasteiger partial charge on any atom is -0.496 e. The molecule has 2 aromatic rings. The van der Waals surface area contributed by atoms with E-state index >= 15 is 0 Å². The van der Waals surface area contributed by atoms with Crippen LogP contribution in [-0.4, -0.2) is 20.2 Å². The Hall–Kier alpha value is -2.49. The fraction of sp³-hybridized carbons (Fsp3) is 0.235. The van der Waals surface area contributed by atoms with Gasteiger partial charge in [0.25, 0.3) is 0 Å². The zero-order valence-corrected chi connectivity index (χ0v) is 12.5. The second-order valence-corrected chi connectivity index (χ2v) is 4.69. The van der Waals surface area contributed by atoms with Gasteiger partial charge < -0.3 is 14.8 Å². The second kappa shape index (κ2) is 6.79. The number of nitrogens with one attached hydrogen (secondary N) is 1. The largest absolute Gasteiger partial charge is 0.496 e. The number of carbonyl (C=O) groups is 1. The first kappa shape index (κ1) is 14.9. The van der Waals surface area contributed by atoms with E-state index in [4.69, 9.17) is 9.47 Å². The summed E-state index contributed by atoms with van der Waals surface area (Å²) in [6.45, 7) is 2.55. The molecule has 2 aromatic carbocycles. The Bertz CT molecular complexity index is 638. The number of ether oxygens (including phenoxy) is 2. The molecule has 4 nitrogen and oxygen atoms in total. The maximum Gasteiger partial charge on any atom is 0.338 e. The second-order valence-electron chi connectivity index (χ2n) is 4.69. The van der Waals surface area contributed by atoms with E-state index in [1.54, 1.807) is 13.2 Å². The highest BCUT2D eigenvalue weighted by Crippen LogP contribution is 2.22. The molecule has 0 bridgehead atoms. The van der Waals surface area contributed by atoms with E-state index in [0.717, 1.165) is 22.6 Å². The van der Waals surface area contributed by atoms with Crippen molar-refractivity contribution in [3.05, 3.63) is 59.2 Å². The van der Waals surface area contributed by atoms with Gasteiger partial charge in [-0.05, 0) is 42.3 Å². The van der Waals surface area contributed by atoms with Gasteiger partial charge in [-0.2, -0.15) is 0 Å². The van der Waals surface area contributed by atoms with Crippen molar-refractivity contribution in [3.63, 3.8) is 0 Å². The molecule has 0 saturated carbocycles.